The lowest BCUT2D eigenvalue weighted by Crippen LogP contribution is -2.28. The number of fused-ring (bicyclic) bond motifs is 1. The van der Waals surface area contributed by atoms with Gasteiger partial charge in [0.1, 0.15) is 5.69 Å². The van der Waals surface area contributed by atoms with E-state index in [1.807, 2.05) is 28.8 Å². The standard InChI is InChI=1S/C20H26N6O3/c1-3-24(4-2)13-14-25-16-8-6-5-7-15(16)22-20(25)23-18(27)10-12-26-17(19(28)29)9-11-21-26/h5-9,11H,3-4,10,12-14H2,1-2H3,(H,28,29)(H,22,23,27). The number of hydrogen-bond donors (Lipinski definition) is 2. The smallest absolute Gasteiger partial charge is 0.354 e. The molecule has 0 spiro atoms. The Morgan fingerprint density at radius 3 is 2.62 bits per heavy atom. The molecule has 2 aromatic heterocycles. The van der Waals surface area contributed by atoms with Gasteiger partial charge in [0.05, 0.1) is 17.6 Å². The van der Waals surface area contributed by atoms with Crippen LogP contribution in [0.3, 0.4) is 0 Å². The SMILES string of the molecule is CCN(CC)CCn1c(NC(=O)CCn2nccc2C(=O)O)nc2ccccc21. The number of carbonyl (C=O) groups excluding carboxylic acids is 1. The zero-order valence-corrected chi connectivity index (χ0v) is 16.7. The summed E-state index contributed by atoms with van der Waals surface area (Å²) in [6.07, 6.45) is 1.51. The van der Waals surface area contributed by atoms with Crippen molar-refractivity contribution in [1.29, 1.82) is 0 Å². The van der Waals surface area contributed by atoms with Gasteiger partial charge in [-0.1, -0.05) is 26.0 Å². The van der Waals surface area contributed by atoms with E-state index >= 15 is 0 Å². The fourth-order valence-electron chi connectivity index (χ4n) is 3.27. The first-order valence-corrected chi connectivity index (χ1v) is 9.76. The van der Waals surface area contributed by atoms with Crippen LogP contribution in [0.2, 0.25) is 0 Å². The Morgan fingerprint density at radius 1 is 1.14 bits per heavy atom. The molecular weight excluding hydrogens is 372 g/mol. The van der Waals surface area contributed by atoms with Crippen LogP contribution in [-0.4, -0.2) is 60.8 Å². The van der Waals surface area contributed by atoms with E-state index in [1.165, 1.54) is 16.9 Å². The van der Waals surface area contributed by atoms with Crippen molar-refractivity contribution in [3.05, 3.63) is 42.2 Å². The molecule has 0 unspecified atom stereocenters. The number of aryl methyl sites for hydroxylation is 1. The molecule has 1 aromatic carbocycles. The van der Waals surface area contributed by atoms with Crippen molar-refractivity contribution < 1.29 is 14.7 Å². The minimum Gasteiger partial charge on any atom is -0.477 e. The number of aromatic carboxylic acids is 1. The van der Waals surface area contributed by atoms with Gasteiger partial charge in [-0.15, -0.1) is 0 Å². The lowest BCUT2D eigenvalue weighted by Gasteiger charge is -2.19. The molecule has 9 nitrogen and oxygen atoms in total. The highest BCUT2D eigenvalue weighted by atomic mass is 16.4. The number of nitrogens with one attached hydrogen (secondary N) is 1. The maximum Gasteiger partial charge on any atom is 0.354 e. The summed E-state index contributed by atoms with van der Waals surface area (Å²) in [7, 11) is 0. The zero-order valence-electron chi connectivity index (χ0n) is 16.7. The Bertz CT molecular complexity index is 989. The molecule has 2 heterocycles. The summed E-state index contributed by atoms with van der Waals surface area (Å²) in [4.78, 5) is 30.5. The van der Waals surface area contributed by atoms with E-state index in [0.29, 0.717) is 12.5 Å². The second-order valence-electron chi connectivity index (χ2n) is 6.65. The molecule has 1 amide bonds. The molecule has 0 aliphatic heterocycles. The molecule has 29 heavy (non-hydrogen) atoms. The Labute approximate surface area is 168 Å². The quantitative estimate of drug-likeness (QED) is 0.543. The van der Waals surface area contributed by atoms with Gasteiger partial charge in [-0.25, -0.2) is 9.78 Å². The summed E-state index contributed by atoms with van der Waals surface area (Å²) in [6, 6.07) is 9.19. The Balaban J connectivity index is 1.72. The van der Waals surface area contributed by atoms with Gasteiger partial charge in [0.25, 0.3) is 0 Å². The number of anilines is 1. The number of imidazole rings is 1. The minimum atomic E-state index is -1.07. The third-order valence-electron chi connectivity index (χ3n) is 4.93. The number of likely N-dealkylation sites (N-methyl/N-ethyl adjacent to an activating group) is 1. The van der Waals surface area contributed by atoms with Crippen molar-refractivity contribution in [3.8, 4) is 0 Å². The second-order valence-corrected chi connectivity index (χ2v) is 6.65. The van der Waals surface area contributed by atoms with Crippen molar-refractivity contribution in [1.82, 2.24) is 24.2 Å². The molecule has 0 aliphatic carbocycles. The second kappa shape index (κ2) is 9.33. The maximum atomic E-state index is 12.5. The van der Waals surface area contributed by atoms with Crippen molar-refractivity contribution in [2.45, 2.75) is 33.4 Å². The number of hydrogen-bond acceptors (Lipinski definition) is 5. The molecule has 2 N–H and O–H groups in total. The zero-order chi connectivity index (χ0) is 20.8. The van der Waals surface area contributed by atoms with Gasteiger partial charge in [-0.05, 0) is 31.3 Å². The summed E-state index contributed by atoms with van der Waals surface area (Å²) in [5.41, 5.74) is 1.85. The molecule has 0 saturated heterocycles. The number of benzene rings is 1. The van der Waals surface area contributed by atoms with E-state index in [1.54, 1.807) is 0 Å². The molecule has 0 fully saturated rings. The topological polar surface area (TPSA) is 105 Å². The predicted molar refractivity (Wildman–Crippen MR) is 110 cm³/mol. The fraction of sp³-hybridized carbons (Fsp3) is 0.400. The first-order valence-electron chi connectivity index (χ1n) is 9.76. The highest BCUT2D eigenvalue weighted by Gasteiger charge is 2.15. The predicted octanol–water partition coefficient (Wildman–Crippen LogP) is 2.30. The first kappa shape index (κ1) is 20.5. The van der Waals surface area contributed by atoms with Crippen molar-refractivity contribution >= 4 is 28.9 Å². The van der Waals surface area contributed by atoms with Gasteiger partial charge in [-0.2, -0.15) is 5.10 Å². The van der Waals surface area contributed by atoms with Gasteiger partial charge in [0.2, 0.25) is 11.9 Å². The summed E-state index contributed by atoms with van der Waals surface area (Å²) in [6.45, 7) is 7.91. The number of amides is 1. The van der Waals surface area contributed by atoms with Crippen LogP contribution in [0, 0.1) is 0 Å². The van der Waals surface area contributed by atoms with Crippen LogP contribution in [0.1, 0.15) is 30.8 Å². The van der Waals surface area contributed by atoms with Gasteiger partial charge < -0.3 is 14.6 Å². The number of para-hydroxylation sites is 2. The van der Waals surface area contributed by atoms with Crippen LogP contribution in [0.25, 0.3) is 11.0 Å². The van der Waals surface area contributed by atoms with E-state index in [-0.39, 0.29) is 24.6 Å². The van der Waals surface area contributed by atoms with Crippen molar-refractivity contribution in [3.63, 3.8) is 0 Å². The van der Waals surface area contributed by atoms with Crippen LogP contribution >= 0.6 is 0 Å². The lowest BCUT2D eigenvalue weighted by molar-refractivity contribution is -0.116. The van der Waals surface area contributed by atoms with Crippen molar-refractivity contribution in [2.75, 3.05) is 25.0 Å². The Morgan fingerprint density at radius 2 is 1.90 bits per heavy atom. The molecule has 3 rings (SSSR count). The number of carboxylic acid groups (broad SMARTS) is 1. The molecule has 154 valence electrons. The van der Waals surface area contributed by atoms with Gasteiger partial charge in [0, 0.05) is 25.7 Å². The average Bonchev–Trinajstić information content (AvgIpc) is 3.32. The van der Waals surface area contributed by atoms with E-state index in [2.05, 4.69) is 34.1 Å². The Hall–Kier alpha value is -3.20. The van der Waals surface area contributed by atoms with E-state index in [4.69, 9.17) is 5.11 Å². The molecular formula is C20H26N6O3. The number of carboxylic acids is 1. The summed E-state index contributed by atoms with van der Waals surface area (Å²) >= 11 is 0. The van der Waals surface area contributed by atoms with Crippen LogP contribution in [0.5, 0.6) is 0 Å². The Kier molecular flexibility index (Phi) is 6.61. The van der Waals surface area contributed by atoms with E-state index < -0.39 is 5.97 Å². The number of nitrogens with zero attached hydrogens (tertiary/aromatic N) is 5. The van der Waals surface area contributed by atoms with E-state index in [9.17, 15) is 9.59 Å². The van der Waals surface area contributed by atoms with E-state index in [0.717, 1.165) is 30.7 Å². The molecule has 0 saturated carbocycles. The number of aromatic nitrogens is 4. The normalized spacial score (nSPS) is 11.3. The van der Waals surface area contributed by atoms with Crippen molar-refractivity contribution in [2.24, 2.45) is 0 Å². The lowest BCUT2D eigenvalue weighted by atomic mass is 10.3. The van der Waals surface area contributed by atoms with Crippen LogP contribution in [0.15, 0.2) is 36.5 Å². The average molecular weight is 398 g/mol. The highest BCUT2D eigenvalue weighted by molar-refractivity contribution is 5.91. The summed E-state index contributed by atoms with van der Waals surface area (Å²) in [5, 5.41) is 16.0. The third-order valence-corrected chi connectivity index (χ3v) is 4.93. The molecule has 0 bridgehead atoms. The monoisotopic (exact) mass is 398 g/mol. The number of carbonyl (C=O) groups is 2. The minimum absolute atomic E-state index is 0.0595. The molecule has 9 heteroatoms. The third kappa shape index (κ3) is 4.80. The number of rotatable bonds is 10. The highest BCUT2D eigenvalue weighted by Crippen LogP contribution is 2.20. The molecule has 3 aromatic rings. The summed E-state index contributed by atoms with van der Waals surface area (Å²) in [5.74, 6) is -0.806. The van der Waals surface area contributed by atoms with Gasteiger partial charge in [-0.3, -0.25) is 14.8 Å². The molecule has 0 aliphatic rings. The van der Waals surface area contributed by atoms with Crippen LogP contribution in [0.4, 0.5) is 5.95 Å². The van der Waals surface area contributed by atoms with Crippen LogP contribution < -0.4 is 5.32 Å². The largest absolute Gasteiger partial charge is 0.477 e. The van der Waals surface area contributed by atoms with Gasteiger partial charge >= 0.3 is 5.97 Å². The molecule has 0 radical (unpaired) electrons. The summed E-state index contributed by atoms with van der Waals surface area (Å²) < 4.78 is 3.33. The molecule has 0 atom stereocenters. The fourth-order valence-corrected chi connectivity index (χ4v) is 3.27. The first-order chi connectivity index (χ1) is 14.0. The maximum absolute atomic E-state index is 12.5. The van der Waals surface area contributed by atoms with Gasteiger partial charge in [0.15, 0.2) is 0 Å². The van der Waals surface area contributed by atoms with Crippen LogP contribution in [-0.2, 0) is 17.9 Å².